The molecule has 0 saturated carbocycles. The van der Waals surface area contributed by atoms with Crippen LogP contribution < -0.4 is 5.32 Å². The number of rotatable bonds is 4. The van der Waals surface area contributed by atoms with Gasteiger partial charge in [0.2, 0.25) is 0 Å². The minimum atomic E-state index is -0.944. The van der Waals surface area contributed by atoms with Gasteiger partial charge in [-0.05, 0) is 22.3 Å². The van der Waals surface area contributed by atoms with Crippen LogP contribution in [0.25, 0.3) is 11.1 Å². The molecule has 26 heavy (non-hydrogen) atoms. The van der Waals surface area contributed by atoms with E-state index in [1.165, 1.54) is 11.1 Å². The van der Waals surface area contributed by atoms with E-state index < -0.39 is 24.3 Å². The standard InChI is InChI=1S/C20H21NO5/c22-9-18-19(23)17(11-25-18)21-20(24)26-10-16-14-7-3-1-5-12(14)13-6-2-4-8-15(13)16/h1-8,16-19,22-23H,9-11H2,(H,21,24)/t17?,18-,19?/m1/s1. The van der Waals surface area contributed by atoms with Gasteiger partial charge in [0.15, 0.2) is 0 Å². The van der Waals surface area contributed by atoms with Crippen molar-refractivity contribution in [3.63, 3.8) is 0 Å². The average Bonchev–Trinajstić information content (AvgIpc) is 3.18. The molecular weight excluding hydrogens is 334 g/mol. The van der Waals surface area contributed by atoms with Gasteiger partial charge in [-0.3, -0.25) is 0 Å². The number of hydrogen-bond donors (Lipinski definition) is 3. The van der Waals surface area contributed by atoms with Gasteiger partial charge in [0.25, 0.3) is 0 Å². The number of nitrogens with one attached hydrogen (secondary N) is 1. The summed E-state index contributed by atoms with van der Waals surface area (Å²) >= 11 is 0. The minimum Gasteiger partial charge on any atom is -0.449 e. The topological polar surface area (TPSA) is 88.0 Å². The Morgan fingerprint density at radius 2 is 1.73 bits per heavy atom. The number of hydrogen-bond acceptors (Lipinski definition) is 5. The molecule has 0 spiro atoms. The molecule has 2 aliphatic rings. The van der Waals surface area contributed by atoms with Crippen molar-refractivity contribution in [2.45, 2.75) is 24.2 Å². The lowest BCUT2D eigenvalue weighted by molar-refractivity contribution is 0.00270. The molecule has 136 valence electrons. The zero-order valence-corrected chi connectivity index (χ0v) is 14.2. The predicted molar refractivity (Wildman–Crippen MR) is 94.8 cm³/mol. The number of amides is 1. The van der Waals surface area contributed by atoms with E-state index in [0.717, 1.165) is 11.1 Å². The lowest BCUT2D eigenvalue weighted by Crippen LogP contribution is -2.45. The van der Waals surface area contributed by atoms with Crippen LogP contribution in [-0.4, -0.2) is 54.4 Å². The fourth-order valence-electron chi connectivity index (χ4n) is 3.76. The molecule has 1 saturated heterocycles. The Morgan fingerprint density at radius 3 is 2.31 bits per heavy atom. The second-order valence-electron chi connectivity index (χ2n) is 6.62. The summed E-state index contributed by atoms with van der Waals surface area (Å²) in [6.45, 7) is 0.0770. The number of carbonyl (C=O) groups is 1. The molecule has 2 aromatic rings. The zero-order chi connectivity index (χ0) is 18.1. The molecule has 0 radical (unpaired) electrons. The van der Waals surface area contributed by atoms with E-state index in [-0.39, 0.29) is 25.7 Å². The van der Waals surface area contributed by atoms with E-state index in [2.05, 4.69) is 29.6 Å². The van der Waals surface area contributed by atoms with Crippen LogP contribution in [0.4, 0.5) is 4.79 Å². The van der Waals surface area contributed by atoms with Crippen molar-refractivity contribution in [1.29, 1.82) is 0 Å². The van der Waals surface area contributed by atoms with Crippen LogP contribution in [0.15, 0.2) is 48.5 Å². The van der Waals surface area contributed by atoms with E-state index in [9.17, 15) is 9.90 Å². The molecule has 0 bridgehead atoms. The fraction of sp³-hybridized carbons (Fsp3) is 0.350. The van der Waals surface area contributed by atoms with Crippen LogP contribution >= 0.6 is 0 Å². The molecule has 2 aromatic carbocycles. The van der Waals surface area contributed by atoms with Crippen LogP contribution in [0, 0.1) is 0 Å². The van der Waals surface area contributed by atoms with Gasteiger partial charge in [-0.2, -0.15) is 0 Å². The third kappa shape index (κ3) is 2.96. The van der Waals surface area contributed by atoms with Gasteiger partial charge in [-0.25, -0.2) is 4.79 Å². The number of aliphatic hydroxyl groups excluding tert-OH is 2. The fourth-order valence-corrected chi connectivity index (χ4v) is 3.76. The summed E-state index contributed by atoms with van der Waals surface area (Å²) in [5, 5.41) is 21.7. The molecule has 4 rings (SSSR count). The monoisotopic (exact) mass is 355 g/mol. The van der Waals surface area contributed by atoms with Crippen LogP contribution in [-0.2, 0) is 9.47 Å². The Balaban J connectivity index is 1.43. The second kappa shape index (κ2) is 7.07. The molecule has 1 fully saturated rings. The molecular formula is C20H21NO5. The number of fused-ring (bicyclic) bond motifs is 3. The highest BCUT2D eigenvalue weighted by Crippen LogP contribution is 2.44. The average molecular weight is 355 g/mol. The minimum absolute atomic E-state index is 0.0110. The Bertz CT molecular complexity index is 763. The molecule has 3 atom stereocenters. The highest BCUT2D eigenvalue weighted by Gasteiger charge is 2.37. The maximum absolute atomic E-state index is 12.2. The quantitative estimate of drug-likeness (QED) is 0.776. The Hall–Kier alpha value is -2.41. The first-order chi connectivity index (χ1) is 12.7. The van der Waals surface area contributed by atoms with Crippen molar-refractivity contribution in [2.75, 3.05) is 19.8 Å². The third-order valence-corrected chi connectivity index (χ3v) is 5.11. The number of benzene rings is 2. The van der Waals surface area contributed by atoms with Crippen molar-refractivity contribution in [2.24, 2.45) is 0 Å². The number of ether oxygens (including phenoxy) is 2. The van der Waals surface area contributed by atoms with Crippen molar-refractivity contribution in [3.8, 4) is 11.1 Å². The van der Waals surface area contributed by atoms with E-state index in [4.69, 9.17) is 14.6 Å². The SMILES string of the molecule is O=C(NC1CO[C@H](CO)C1O)OCC1c2ccccc2-c2ccccc21. The smallest absolute Gasteiger partial charge is 0.407 e. The first kappa shape index (κ1) is 17.0. The normalized spacial score (nSPS) is 24.2. The molecule has 1 amide bonds. The summed E-state index contributed by atoms with van der Waals surface area (Å²) in [4.78, 5) is 12.2. The van der Waals surface area contributed by atoms with Crippen LogP contribution in [0.3, 0.4) is 0 Å². The highest BCUT2D eigenvalue weighted by atomic mass is 16.6. The molecule has 2 unspecified atom stereocenters. The van der Waals surface area contributed by atoms with Gasteiger partial charge in [0, 0.05) is 5.92 Å². The van der Waals surface area contributed by atoms with E-state index in [1.54, 1.807) is 0 Å². The summed E-state index contributed by atoms with van der Waals surface area (Å²) in [6.07, 6.45) is -2.22. The summed E-state index contributed by atoms with van der Waals surface area (Å²) in [5.74, 6) is -0.0110. The third-order valence-electron chi connectivity index (χ3n) is 5.11. The van der Waals surface area contributed by atoms with Crippen molar-refractivity contribution >= 4 is 6.09 Å². The van der Waals surface area contributed by atoms with Gasteiger partial charge >= 0.3 is 6.09 Å². The molecule has 1 heterocycles. The molecule has 1 aliphatic heterocycles. The zero-order valence-electron chi connectivity index (χ0n) is 14.2. The maximum Gasteiger partial charge on any atom is 0.407 e. The van der Waals surface area contributed by atoms with Gasteiger partial charge in [-0.1, -0.05) is 48.5 Å². The Kier molecular flexibility index (Phi) is 4.63. The van der Waals surface area contributed by atoms with Crippen molar-refractivity contribution < 1.29 is 24.5 Å². The summed E-state index contributed by atoms with van der Waals surface area (Å²) in [7, 11) is 0. The Morgan fingerprint density at radius 1 is 1.12 bits per heavy atom. The lowest BCUT2D eigenvalue weighted by Gasteiger charge is -2.18. The predicted octanol–water partition coefficient (Wildman–Crippen LogP) is 1.65. The second-order valence-corrected chi connectivity index (χ2v) is 6.62. The maximum atomic E-state index is 12.2. The highest BCUT2D eigenvalue weighted by molar-refractivity contribution is 5.79. The van der Waals surface area contributed by atoms with Crippen molar-refractivity contribution in [3.05, 3.63) is 59.7 Å². The van der Waals surface area contributed by atoms with Gasteiger partial charge < -0.3 is 25.0 Å². The number of carbonyl (C=O) groups excluding carboxylic acids is 1. The van der Waals surface area contributed by atoms with Gasteiger partial charge in [0.05, 0.1) is 19.3 Å². The van der Waals surface area contributed by atoms with Gasteiger partial charge in [0.1, 0.15) is 18.8 Å². The number of aliphatic hydroxyl groups is 2. The Labute approximate surface area is 151 Å². The molecule has 6 nitrogen and oxygen atoms in total. The van der Waals surface area contributed by atoms with Crippen LogP contribution in [0.2, 0.25) is 0 Å². The lowest BCUT2D eigenvalue weighted by atomic mass is 9.98. The summed E-state index contributed by atoms with van der Waals surface area (Å²) in [5.41, 5.74) is 4.63. The van der Waals surface area contributed by atoms with E-state index in [1.807, 2.05) is 24.3 Å². The van der Waals surface area contributed by atoms with E-state index >= 15 is 0 Å². The summed E-state index contributed by atoms with van der Waals surface area (Å²) < 4.78 is 10.7. The van der Waals surface area contributed by atoms with Crippen molar-refractivity contribution in [1.82, 2.24) is 5.32 Å². The number of alkyl carbamates (subject to hydrolysis) is 1. The molecule has 6 heteroatoms. The summed E-state index contributed by atoms with van der Waals surface area (Å²) in [6, 6.07) is 15.7. The molecule has 3 N–H and O–H groups in total. The molecule has 0 aromatic heterocycles. The van der Waals surface area contributed by atoms with Crippen LogP contribution in [0.1, 0.15) is 17.0 Å². The largest absolute Gasteiger partial charge is 0.449 e. The first-order valence-electron chi connectivity index (χ1n) is 8.71. The molecule has 1 aliphatic carbocycles. The van der Waals surface area contributed by atoms with E-state index in [0.29, 0.717) is 0 Å². The van der Waals surface area contributed by atoms with Gasteiger partial charge in [-0.15, -0.1) is 0 Å². The van der Waals surface area contributed by atoms with Crippen LogP contribution in [0.5, 0.6) is 0 Å². The first-order valence-corrected chi connectivity index (χ1v) is 8.71.